The molecule has 213 valence electrons. The minimum absolute atomic E-state index is 0. The quantitative estimate of drug-likeness (QED) is 0.132. The number of para-hydroxylation sites is 1. The van der Waals surface area contributed by atoms with Gasteiger partial charge in [-0.05, 0) is 17.8 Å². The van der Waals surface area contributed by atoms with Crippen LogP contribution in [0, 0.1) is 12.1 Å². The van der Waals surface area contributed by atoms with Crippen molar-refractivity contribution in [3.63, 3.8) is 0 Å². The van der Waals surface area contributed by atoms with Gasteiger partial charge in [0.25, 0.3) is 0 Å². The molecular weight excluding hydrogens is 769 g/mol. The molecule has 6 heteroatoms. The molecule has 0 spiro atoms. The van der Waals surface area contributed by atoms with Crippen LogP contribution >= 0.6 is 0 Å². The number of furan rings is 2. The number of rotatable bonds is 3. The zero-order valence-electron chi connectivity index (χ0n) is 24.0. The molecule has 4 aromatic heterocycles. The Morgan fingerprint density at radius 3 is 1.65 bits per heavy atom. The Balaban J connectivity index is 0.000000152. The van der Waals surface area contributed by atoms with Crippen molar-refractivity contribution in [1.29, 1.82) is 0 Å². The third-order valence-corrected chi connectivity index (χ3v) is 11.8. The third kappa shape index (κ3) is 5.56. The molecule has 8 aromatic rings. The fraction of sp³-hybridized carbons (Fsp3) is 0.0811. The van der Waals surface area contributed by atoms with Crippen LogP contribution in [0.2, 0.25) is 17.3 Å². The average molecular weight is 797 g/mol. The van der Waals surface area contributed by atoms with Crippen molar-refractivity contribution in [1.82, 2.24) is 9.97 Å². The Kier molecular flexibility index (Phi) is 8.06. The fourth-order valence-corrected chi connectivity index (χ4v) is 7.71. The van der Waals surface area contributed by atoms with Crippen LogP contribution in [0.15, 0.2) is 124 Å². The first-order chi connectivity index (χ1) is 20.5. The minimum atomic E-state index is -1.87. The number of hydrogen-bond acceptors (Lipinski definition) is 4. The normalized spacial score (nSPS) is 11.4. The standard InChI is InChI=1S/C20H18GeNO.C17H10NO.Ir/c1-21(2,3)14-10-11-15-16-7-6-8-17(18-9-4-5-12-22-18)20(16)23-19(15)13-14;1-2-10-16-12(6-1)13-7-5-8-14(17(13)19-16)15-9-3-4-11-18-15;/h4-7,9-13H,1-3H3;1-7,9-11H;/q2*-1;. The molecule has 0 unspecified atom stereocenters. The van der Waals surface area contributed by atoms with E-state index in [9.17, 15) is 0 Å². The largest absolute Gasteiger partial charge is 0.501 e. The molecule has 4 nitrogen and oxygen atoms in total. The van der Waals surface area contributed by atoms with Gasteiger partial charge in [0.2, 0.25) is 0 Å². The van der Waals surface area contributed by atoms with Crippen molar-refractivity contribution in [3.05, 3.63) is 128 Å². The van der Waals surface area contributed by atoms with Gasteiger partial charge in [-0.3, -0.25) is 0 Å². The Bertz CT molecular complexity index is 2180. The van der Waals surface area contributed by atoms with Gasteiger partial charge in [-0.25, -0.2) is 0 Å². The van der Waals surface area contributed by atoms with Crippen molar-refractivity contribution < 1.29 is 28.9 Å². The van der Waals surface area contributed by atoms with Crippen LogP contribution in [0.5, 0.6) is 0 Å². The van der Waals surface area contributed by atoms with E-state index in [2.05, 4.69) is 69.7 Å². The molecule has 0 aliphatic carbocycles. The summed E-state index contributed by atoms with van der Waals surface area (Å²) in [5.74, 6) is 7.20. The van der Waals surface area contributed by atoms with Gasteiger partial charge in [0.05, 0.1) is 5.58 Å². The molecular formula is C37H28GeIrN2O2-2. The van der Waals surface area contributed by atoms with Crippen molar-refractivity contribution in [2.45, 2.75) is 17.3 Å². The Morgan fingerprint density at radius 2 is 1.09 bits per heavy atom. The molecule has 0 saturated heterocycles. The molecule has 0 atom stereocenters. The summed E-state index contributed by atoms with van der Waals surface area (Å²) in [6.07, 6.45) is 3.58. The molecule has 43 heavy (non-hydrogen) atoms. The topological polar surface area (TPSA) is 52.1 Å². The maximum Gasteiger partial charge on any atom is 0.120 e. The predicted molar refractivity (Wildman–Crippen MR) is 175 cm³/mol. The van der Waals surface area contributed by atoms with Crippen molar-refractivity contribution in [3.8, 4) is 22.5 Å². The van der Waals surface area contributed by atoms with E-state index in [4.69, 9.17) is 8.83 Å². The van der Waals surface area contributed by atoms with Crippen molar-refractivity contribution in [2.75, 3.05) is 0 Å². The molecule has 4 heterocycles. The summed E-state index contributed by atoms with van der Waals surface area (Å²) in [6.45, 7) is 0. The van der Waals surface area contributed by atoms with E-state index in [-0.39, 0.29) is 20.1 Å². The second-order valence-corrected chi connectivity index (χ2v) is 21.9. The van der Waals surface area contributed by atoms with Crippen molar-refractivity contribution >= 4 is 61.5 Å². The van der Waals surface area contributed by atoms with E-state index in [1.54, 1.807) is 12.4 Å². The van der Waals surface area contributed by atoms with E-state index >= 15 is 0 Å². The minimum Gasteiger partial charge on any atom is -0.501 e. The van der Waals surface area contributed by atoms with Crippen LogP contribution in [0.4, 0.5) is 0 Å². The van der Waals surface area contributed by atoms with Gasteiger partial charge in [0, 0.05) is 31.7 Å². The smallest absolute Gasteiger partial charge is 0.120 e. The van der Waals surface area contributed by atoms with Gasteiger partial charge in [-0.1, -0.05) is 41.3 Å². The van der Waals surface area contributed by atoms with Gasteiger partial charge in [0.1, 0.15) is 5.58 Å². The van der Waals surface area contributed by atoms with Gasteiger partial charge < -0.3 is 9.40 Å². The summed E-state index contributed by atoms with van der Waals surface area (Å²) in [5.41, 5.74) is 7.21. The molecule has 0 amide bonds. The number of hydrogen-bond donors (Lipinski definition) is 0. The van der Waals surface area contributed by atoms with E-state index in [1.807, 2.05) is 72.8 Å². The van der Waals surface area contributed by atoms with Crippen LogP contribution in [0.1, 0.15) is 0 Å². The summed E-state index contributed by atoms with van der Waals surface area (Å²) >= 11 is -1.87. The molecule has 8 rings (SSSR count). The van der Waals surface area contributed by atoms with E-state index in [0.29, 0.717) is 0 Å². The molecule has 0 aliphatic rings. The zero-order chi connectivity index (χ0) is 28.7. The number of pyridine rings is 2. The fourth-order valence-electron chi connectivity index (χ4n) is 5.30. The summed E-state index contributed by atoms with van der Waals surface area (Å²) in [7, 11) is 0. The van der Waals surface area contributed by atoms with Gasteiger partial charge >= 0.3 is 138 Å². The number of nitrogens with zero attached hydrogens (tertiary/aromatic N) is 2. The molecule has 0 aliphatic heterocycles. The zero-order valence-corrected chi connectivity index (χ0v) is 28.5. The summed E-state index contributed by atoms with van der Waals surface area (Å²) in [5, 5.41) is 4.53. The average Bonchev–Trinajstić information content (AvgIpc) is 3.60. The first-order valence-electron chi connectivity index (χ1n) is 14.0. The molecule has 0 N–H and O–H groups in total. The van der Waals surface area contributed by atoms with E-state index in [1.165, 1.54) is 9.78 Å². The van der Waals surface area contributed by atoms with Crippen molar-refractivity contribution in [2.24, 2.45) is 0 Å². The van der Waals surface area contributed by atoms with E-state index in [0.717, 1.165) is 61.0 Å². The van der Waals surface area contributed by atoms with Crippen LogP contribution in [-0.2, 0) is 20.1 Å². The van der Waals surface area contributed by atoms with Crippen LogP contribution in [-0.4, -0.2) is 23.2 Å². The molecule has 1 radical (unpaired) electrons. The van der Waals surface area contributed by atoms with Gasteiger partial charge in [-0.2, -0.15) is 0 Å². The molecule has 0 fully saturated rings. The SMILES string of the molecule is [CH3][Ge]([CH3])([CH3])[c]1ccc2c(c1)oc1c(-c3ccccn3)[c-]ccc12.[Ir].[c-]1ccc2c(oc3ccccc32)c1-c1ccccn1. The summed E-state index contributed by atoms with van der Waals surface area (Å²) in [6, 6.07) is 41.0. The third-order valence-electron chi connectivity index (χ3n) is 7.48. The Hall–Kier alpha value is -4.03. The number of fused-ring (bicyclic) bond motifs is 6. The maximum atomic E-state index is 6.23. The number of benzene rings is 4. The van der Waals surface area contributed by atoms with E-state index < -0.39 is 13.3 Å². The maximum absolute atomic E-state index is 6.23. The van der Waals surface area contributed by atoms with Gasteiger partial charge in [-0.15, -0.1) is 18.2 Å². The molecule has 0 bridgehead atoms. The second-order valence-electron chi connectivity index (χ2n) is 11.3. The Labute approximate surface area is 266 Å². The summed E-state index contributed by atoms with van der Waals surface area (Å²) < 4.78 is 13.7. The molecule has 0 saturated carbocycles. The predicted octanol–water partition coefficient (Wildman–Crippen LogP) is 9.44. The second kappa shape index (κ2) is 11.9. The first-order valence-corrected chi connectivity index (χ1v) is 21.3. The first kappa shape index (κ1) is 29.1. The monoisotopic (exact) mass is 799 g/mol. The molecule has 4 aromatic carbocycles. The van der Waals surface area contributed by atoms with Crippen LogP contribution < -0.4 is 4.40 Å². The summed E-state index contributed by atoms with van der Waals surface area (Å²) in [4.78, 5) is 8.82. The van der Waals surface area contributed by atoms with Crippen LogP contribution in [0.25, 0.3) is 66.4 Å². The van der Waals surface area contributed by atoms with Crippen LogP contribution in [0.3, 0.4) is 0 Å². The number of aromatic nitrogens is 2. The van der Waals surface area contributed by atoms with Gasteiger partial charge in [0.15, 0.2) is 0 Å². The Morgan fingerprint density at radius 1 is 0.558 bits per heavy atom.